The van der Waals surface area contributed by atoms with Crippen LogP contribution in [0.5, 0.6) is 0 Å². The van der Waals surface area contributed by atoms with E-state index in [2.05, 4.69) is 4.98 Å². The minimum Gasteiger partial charge on any atom is -0.386 e. The van der Waals surface area contributed by atoms with E-state index < -0.39 is 49.7 Å². The average Bonchev–Trinajstić information content (AvgIpc) is 2.66. The molecular weight excluding hydrogens is 319 g/mol. The van der Waals surface area contributed by atoms with Gasteiger partial charge in [0.05, 0.1) is 6.10 Å². The van der Waals surface area contributed by atoms with Crippen molar-refractivity contribution in [1.29, 1.82) is 0 Å². The summed E-state index contributed by atoms with van der Waals surface area (Å²) in [7, 11) is -4.39. The molecule has 0 radical (unpaired) electrons. The number of hydrogen-bond donors (Lipinski definition) is 4. The maximum absolute atomic E-state index is 11.8. The van der Waals surface area contributed by atoms with Crippen molar-refractivity contribution < 1.29 is 28.9 Å². The molecule has 1 saturated heterocycles. The second kappa shape index (κ2) is 6.07. The molecule has 10 nitrogen and oxygen atoms in total. The zero-order valence-corrected chi connectivity index (χ0v) is 12.8. The third-order valence-electron chi connectivity index (χ3n) is 3.30. The van der Waals surface area contributed by atoms with Crippen molar-refractivity contribution in [3.63, 3.8) is 0 Å². The van der Waals surface area contributed by atoms with E-state index in [9.17, 15) is 19.3 Å². The first-order valence-electron chi connectivity index (χ1n) is 6.42. The van der Waals surface area contributed by atoms with E-state index in [4.69, 9.17) is 19.3 Å². The standard InChI is InChI=1S/C11H17N2O8P/c1-5-3-13(11(16)12-9(5)15)10-7(14)8(6(2)21-10)20-4-22(17,18)19/h3,6-8,10,14H,4H2,1-2H3,(H,12,15,16)(H2,17,18,19)/t6-,7-,8+,10-/m1/s1. The van der Waals surface area contributed by atoms with E-state index in [0.717, 1.165) is 4.57 Å². The molecule has 0 amide bonds. The van der Waals surface area contributed by atoms with E-state index in [1.165, 1.54) is 20.0 Å². The number of hydrogen-bond acceptors (Lipinski definition) is 6. The Balaban J connectivity index is 2.25. The summed E-state index contributed by atoms with van der Waals surface area (Å²) in [5.41, 5.74) is -1.05. The number of nitrogens with one attached hydrogen (secondary N) is 1. The first kappa shape index (κ1) is 17.1. The molecule has 0 spiro atoms. The average molecular weight is 336 g/mol. The molecule has 1 aliphatic rings. The molecule has 1 aliphatic heterocycles. The van der Waals surface area contributed by atoms with Crippen LogP contribution in [0.25, 0.3) is 0 Å². The van der Waals surface area contributed by atoms with Crippen LogP contribution >= 0.6 is 7.60 Å². The van der Waals surface area contributed by atoms with Crippen molar-refractivity contribution in [2.24, 2.45) is 0 Å². The second-order valence-electron chi connectivity index (χ2n) is 5.13. The number of aromatic amines is 1. The lowest BCUT2D eigenvalue weighted by molar-refractivity contribution is -0.0359. The monoisotopic (exact) mass is 336 g/mol. The van der Waals surface area contributed by atoms with E-state index >= 15 is 0 Å². The molecule has 11 heteroatoms. The molecule has 4 N–H and O–H groups in total. The van der Waals surface area contributed by atoms with Crippen molar-refractivity contribution >= 4 is 7.60 Å². The number of aliphatic hydroxyl groups excluding tert-OH is 1. The van der Waals surface area contributed by atoms with Gasteiger partial charge in [0.25, 0.3) is 5.56 Å². The molecule has 0 aromatic carbocycles. The lowest BCUT2D eigenvalue weighted by atomic mass is 10.1. The third kappa shape index (κ3) is 3.54. The molecule has 22 heavy (non-hydrogen) atoms. The molecule has 2 heterocycles. The predicted octanol–water partition coefficient (Wildman–Crippen LogP) is -1.36. The zero-order valence-electron chi connectivity index (χ0n) is 11.9. The fourth-order valence-electron chi connectivity index (χ4n) is 2.24. The number of H-pyrrole nitrogens is 1. The highest BCUT2D eigenvalue weighted by Gasteiger charge is 2.44. The first-order chi connectivity index (χ1) is 10.1. The molecule has 0 unspecified atom stereocenters. The van der Waals surface area contributed by atoms with Gasteiger partial charge in [0.15, 0.2) is 6.23 Å². The summed E-state index contributed by atoms with van der Waals surface area (Å²) >= 11 is 0. The van der Waals surface area contributed by atoms with E-state index in [0.29, 0.717) is 0 Å². The fraction of sp³-hybridized carbons (Fsp3) is 0.636. The van der Waals surface area contributed by atoms with Crippen molar-refractivity contribution in [1.82, 2.24) is 9.55 Å². The molecule has 124 valence electrons. The van der Waals surface area contributed by atoms with Gasteiger partial charge in [0.2, 0.25) is 0 Å². The predicted molar refractivity (Wildman–Crippen MR) is 73.4 cm³/mol. The summed E-state index contributed by atoms with van der Waals surface area (Å²) in [5.74, 6) is 0. The van der Waals surface area contributed by atoms with Crippen LogP contribution in [0, 0.1) is 6.92 Å². The Kier molecular flexibility index (Phi) is 4.71. The van der Waals surface area contributed by atoms with Gasteiger partial charge >= 0.3 is 13.3 Å². The van der Waals surface area contributed by atoms with Gasteiger partial charge in [-0.1, -0.05) is 0 Å². The molecule has 0 aliphatic carbocycles. The van der Waals surface area contributed by atoms with Crippen LogP contribution in [0.4, 0.5) is 0 Å². The molecular formula is C11H17N2O8P. The SMILES string of the molecule is Cc1cn([C@@H]2O[C@H](C)[C@H](OCP(=O)(O)O)[C@H]2O)c(=O)[nH]c1=O. The third-order valence-corrected chi connectivity index (χ3v) is 3.79. The molecule has 0 bridgehead atoms. The van der Waals surface area contributed by atoms with Crippen molar-refractivity contribution in [2.75, 3.05) is 6.35 Å². The van der Waals surface area contributed by atoms with Gasteiger partial charge in [-0.05, 0) is 13.8 Å². The number of aliphatic hydroxyl groups is 1. The molecule has 1 aromatic rings. The summed E-state index contributed by atoms with van der Waals surface area (Å²) in [6.45, 7) is 3.03. The van der Waals surface area contributed by atoms with E-state index in [1.807, 2.05) is 0 Å². The summed E-state index contributed by atoms with van der Waals surface area (Å²) in [4.78, 5) is 42.9. The summed E-state index contributed by atoms with van der Waals surface area (Å²) in [5, 5.41) is 10.2. The summed E-state index contributed by atoms with van der Waals surface area (Å²) in [6, 6.07) is 0. The number of nitrogens with zero attached hydrogens (tertiary/aromatic N) is 1. The van der Waals surface area contributed by atoms with Crippen LogP contribution < -0.4 is 11.2 Å². The fourth-order valence-corrected chi connectivity index (χ4v) is 2.61. The molecule has 0 saturated carbocycles. The Labute approximate surface area is 124 Å². The number of aromatic nitrogens is 2. The van der Waals surface area contributed by atoms with Gasteiger partial charge in [-0.2, -0.15) is 0 Å². The number of ether oxygens (including phenoxy) is 2. The molecule has 2 rings (SSSR count). The summed E-state index contributed by atoms with van der Waals surface area (Å²) in [6.07, 6.45) is -3.80. The highest BCUT2D eigenvalue weighted by Crippen LogP contribution is 2.37. The van der Waals surface area contributed by atoms with E-state index in [-0.39, 0.29) is 5.56 Å². The van der Waals surface area contributed by atoms with Crippen LogP contribution in [0.2, 0.25) is 0 Å². The van der Waals surface area contributed by atoms with Gasteiger partial charge in [0.1, 0.15) is 18.6 Å². The van der Waals surface area contributed by atoms with Crippen molar-refractivity contribution in [3.05, 3.63) is 32.6 Å². The quantitative estimate of drug-likeness (QED) is 0.492. The van der Waals surface area contributed by atoms with Crippen LogP contribution in [-0.4, -0.2) is 49.1 Å². The molecule has 1 aromatic heterocycles. The van der Waals surface area contributed by atoms with Gasteiger partial charge in [0, 0.05) is 11.8 Å². The highest BCUT2D eigenvalue weighted by molar-refractivity contribution is 7.51. The zero-order chi connectivity index (χ0) is 16.7. The molecule has 1 fully saturated rings. The Morgan fingerprint density at radius 3 is 2.68 bits per heavy atom. The molecule has 4 atom stereocenters. The smallest absolute Gasteiger partial charge is 0.350 e. The van der Waals surface area contributed by atoms with Crippen LogP contribution in [0.1, 0.15) is 18.7 Å². The first-order valence-corrected chi connectivity index (χ1v) is 8.21. The van der Waals surface area contributed by atoms with Gasteiger partial charge in [-0.15, -0.1) is 0 Å². The second-order valence-corrected chi connectivity index (χ2v) is 6.71. The van der Waals surface area contributed by atoms with Crippen LogP contribution in [0.3, 0.4) is 0 Å². The summed E-state index contributed by atoms with van der Waals surface area (Å²) < 4.78 is 22.3. The highest BCUT2D eigenvalue weighted by atomic mass is 31.2. The minimum absolute atomic E-state index is 0.252. The lowest BCUT2D eigenvalue weighted by Crippen LogP contribution is -2.39. The Morgan fingerprint density at radius 2 is 2.09 bits per heavy atom. The number of aryl methyl sites for hydroxylation is 1. The Hall–Kier alpha value is -1.29. The topological polar surface area (TPSA) is 151 Å². The largest absolute Gasteiger partial charge is 0.386 e. The van der Waals surface area contributed by atoms with Gasteiger partial charge in [-0.25, -0.2) is 4.79 Å². The van der Waals surface area contributed by atoms with Crippen molar-refractivity contribution in [2.45, 2.75) is 38.4 Å². The number of rotatable bonds is 4. The van der Waals surface area contributed by atoms with Gasteiger partial charge in [-0.3, -0.25) is 18.9 Å². The maximum Gasteiger partial charge on any atom is 0.350 e. The van der Waals surface area contributed by atoms with E-state index in [1.54, 1.807) is 0 Å². The van der Waals surface area contributed by atoms with Crippen LogP contribution in [0.15, 0.2) is 15.8 Å². The Bertz CT molecular complexity index is 707. The van der Waals surface area contributed by atoms with Crippen LogP contribution in [-0.2, 0) is 14.0 Å². The lowest BCUT2D eigenvalue weighted by Gasteiger charge is -2.20. The van der Waals surface area contributed by atoms with Crippen molar-refractivity contribution in [3.8, 4) is 0 Å². The maximum atomic E-state index is 11.8. The minimum atomic E-state index is -4.39. The van der Waals surface area contributed by atoms with Gasteiger partial charge < -0.3 is 24.4 Å². The normalized spacial score (nSPS) is 29.0. The Morgan fingerprint density at radius 1 is 1.45 bits per heavy atom.